The van der Waals surface area contributed by atoms with Gasteiger partial charge in [-0.25, -0.2) is 0 Å². The van der Waals surface area contributed by atoms with Gasteiger partial charge < -0.3 is 10.1 Å². The lowest BCUT2D eigenvalue weighted by Crippen LogP contribution is -2.31. The monoisotopic (exact) mass is 253 g/mol. The summed E-state index contributed by atoms with van der Waals surface area (Å²) in [6, 6.07) is 0.541. The van der Waals surface area contributed by atoms with Crippen LogP contribution >= 0.6 is 0 Å². The fraction of sp³-hybridized carbons (Fsp3) is 0.786. The van der Waals surface area contributed by atoms with Crippen LogP contribution in [0.3, 0.4) is 0 Å². The highest BCUT2D eigenvalue weighted by Gasteiger charge is 2.15. The lowest BCUT2D eigenvalue weighted by molar-refractivity contribution is 0.383. The van der Waals surface area contributed by atoms with E-state index < -0.39 is 0 Å². The van der Waals surface area contributed by atoms with Crippen molar-refractivity contribution >= 4 is 0 Å². The molecule has 0 fully saturated rings. The molecule has 0 aliphatic heterocycles. The van der Waals surface area contributed by atoms with E-state index in [9.17, 15) is 0 Å². The predicted octanol–water partition coefficient (Wildman–Crippen LogP) is 2.48. The molecule has 0 spiro atoms. The molecule has 1 atom stereocenters. The maximum absolute atomic E-state index is 5.39. The van der Waals surface area contributed by atoms with E-state index in [0.717, 1.165) is 31.6 Å². The van der Waals surface area contributed by atoms with Crippen LogP contribution in [0.4, 0.5) is 0 Å². The third-order valence-electron chi connectivity index (χ3n) is 3.43. The van der Waals surface area contributed by atoms with Crippen molar-refractivity contribution in [2.75, 3.05) is 14.2 Å². The molecule has 1 aromatic rings. The van der Waals surface area contributed by atoms with Crippen LogP contribution in [0.5, 0.6) is 5.75 Å². The Balaban J connectivity index is 2.72. The minimum Gasteiger partial charge on any atom is -0.493 e. The van der Waals surface area contributed by atoms with E-state index in [-0.39, 0.29) is 0 Å². The molecule has 0 radical (unpaired) electrons. The standard InChI is InChI=1S/C14H27N3O/c1-6-9-17-13(14(18-5)10-16-17)8-7-12(15-4)11(2)3/h10-12,15H,6-9H2,1-5H3. The van der Waals surface area contributed by atoms with Crippen molar-refractivity contribution < 1.29 is 4.74 Å². The maximum atomic E-state index is 5.39. The second-order valence-corrected chi connectivity index (χ2v) is 5.06. The Morgan fingerprint density at radius 1 is 1.44 bits per heavy atom. The summed E-state index contributed by atoms with van der Waals surface area (Å²) in [5.74, 6) is 1.56. The number of hydrogen-bond acceptors (Lipinski definition) is 3. The molecular formula is C14H27N3O. The van der Waals surface area contributed by atoms with Crippen molar-refractivity contribution in [3.8, 4) is 5.75 Å². The van der Waals surface area contributed by atoms with E-state index in [1.807, 2.05) is 13.2 Å². The van der Waals surface area contributed by atoms with Crippen molar-refractivity contribution in [3.05, 3.63) is 11.9 Å². The first-order valence-corrected chi connectivity index (χ1v) is 6.89. The molecular weight excluding hydrogens is 226 g/mol. The highest BCUT2D eigenvalue weighted by molar-refractivity contribution is 5.25. The van der Waals surface area contributed by atoms with Crippen LogP contribution in [0, 0.1) is 5.92 Å². The van der Waals surface area contributed by atoms with E-state index in [0.29, 0.717) is 12.0 Å². The first kappa shape index (κ1) is 15.0. The summed E-state index contributed by atoms with van der Waals surface area (Å²) in [6.45, 7) is 7.64. The molecule has 0 amide bonds. The summed E-state index contributed by atoms with van der Waals surface area (Å²) in [6.07, 6.45) is 5.04. The first-order chi connectivity index (χ1) is 8.63. The van der Waals surface area contributed by atoms with Gasteiger partial charge in [-0.3, -0.25) is 4.68 Å². The maximum Gasteiger partial charge on any atom is 0.159 e. The highest BCUT2D eigenvalue weighted by atomic mass is 16.5. The first-order valence-electron chi connectivity index (χ1n) is 6.89. The van der Waals surface area contributed by atoms with Gasteiger partial charge in [-0.2, -0.15) is 5.10 Å². The Bertz CT molecular complexity index is 347. The number of ether oxygens (including phenoxy) is 1. The van der Waals surface area contributed by atoms with Crippen molar-refractivity contribution in [1.29, 1.82) is 0 Å². The van der Waals surface area contributed by atoms with E-state index in [1.165, 1.54) is 5.69 Å². The Morgan fingerprint density at radius 2 is 2.17 bits per heavy atom. The molecule has 0 bridgehead atoms. The summed E-state index contributed by atoms with van der Waals surface area (Å²) in [5, 5.41) is 7.78. The van der Waals surface area contributed by atoms with Gasteiger partial charge in [0.05, 0.1) is 19.0 Å². The molecule has 1 N–H and O–H groups in total. The van der Waals surface area contributed by atoms with Crippen molar-refractivity contribution in [2.24, 2.45) is 5.92 Å². The molecule has 18 heavy (non-hydrogen) atoms. The lowest BCUT2D eigenvalue weighted by Gasteiger charge is -2.20. The quantitative estimate of drug-likeness (QED) is 0.773. The van der Waals surface area contributed by atoms with Gasteiger partial charge in [0.15, 0.2) is 5.75 Å². The van der Waals surface area contributed by atoms with Gasteiger partial charge in [0.2, 0.25) is 0 Å². The van der Waals surface area contributed by atoms with Gasteiger partial charge in [-0.05, 0) is 32.2 Å². The lowest BCUT2D eigenvalue weighted by atomic mass is 9.98. The van der Waals surface area contributed by atoms with Crippen LogP contribution in [0.25, 0.3) is 0 Å². The van der Waals surface area contributed by atoms with Crippen LogP contribution in [-0.2, 0) is 13.0 Å². The topological polar surface area (TPSA) is 39.1 Å². The molecule has 1 heterocycles. The van der Waals surface area contributed by atoms with Gasteiger partial charge >= 0.3 is 0 Å². The second kappa shape index (κ2) is 7.41. The van der Waals surface area contributed by atoms with Crippen LogP contribution in [0.1, 0.15) is 39.3 Å². The third-order valence-corrected chi connectivity index (χ3v) is 3.43. The second-order valence-electron chi connectivity index (χ2n) is 5.06. The molecule has 1 aromatic heterocycles. The van der Waals surface area contributed by atoms with Crippen LogP contribution in [0.2, 0.25) is 0 Å². The molecule has 4 heteroatoms. The fourth-order valence-corrected chi connectivity index (χ4v) is 2.32. The zero-order valence-electron chi connectivity index (χ0n) is 12.4. The van der Waals surface area contributed by atoms with Crippen LogP contribution in [0.15, 0.2) is 6.20 Å². The van der Waals surface area contributed by atoms with Gasteiger partial charge in [0.1, 0.15) is 0 Å². The molecule has 0 aromatic carbocycles. The molecule has 0 saturated carbocycles. The summed E-state index contributed by atoms with van der Waals surface area (Å²) < 4.78 is 7.47. The molecule has 4 nitrogen and oxygen atoms in total. The number of nitrogens with zero attached hydrogens (tertiary/aromatic N) is 2. The zero-order chi connectivity index (χ0) is 13.5. The number of rotatable bonds is 8. The Hall–Kier alpha value is -1.03. The number of hydrogen-bond donors (Lipinski definition) is 1. The summed E-state index contributed by atoms with van der Waals surface area (Å²) in [5.41, 5.74) is 1.22. The molecule has 1 rings (SSSR count). The minimum absolute atomic E-state index is 0.541. The number of methoxy groups -OCH3 is 1. The van der Waals surface area contributed by atoms with E-state index in [2.05, 4.69) is 35.9 Å². The van der Waals surface area contributed by atoms with E-state index >= 15 is 0 Å². The number of aryl methyl sites for hydroxylation is 1. The highest BCUT2D eigenvalue weighted by Crippen LogP contribution is 2.21. The van der Waals surface area contributed by atoms with Crippen molar-refractivity contribution in [1.82, 2.24) is 15.1 Å². The van der Waals surface area contributed by atoms with Gasteiger partial charge in [0.25, 0.3) is 0 Å². The van der Waals surface area contributed by atoms with E-state index in [4.69, 9.17) is 4.74 Å². The van der Waals surface area contributed by atoms with Crippen LogP contribution < -0.4 is 10.1 Å². The largest absolute Gasteiger partial charge is 0.493 e. The molecule has 0 aliphatic carbocycles. The summed E-state index contributed by atoms with van der Waals surface area (Å²) in [7, 11) is 3.75. The Morgan fingerprint density at radius 3 is 2.67 bits per heavy atom. The third kappa shape index (κ3) is 3.73. The van der Waals surface area contributed by atoms with Crippen LogP contribution in [-0.4, -0.2) is 30.0 Å². The summed E-state index contributed by atoms with van der Waals surface area (Å²) in [4.78, 5) is 0. The fourth-order valence-electron chi connectivity index (χ4n) is 2.32. The van der Waals surface area contributed by atoms with Gasteiger partial charge in [-0.15, -0.1) is 0 Å². The Kier molecular flexibility index (Phi) is 6.19. The Labute approximate surface area is 111 Å². The average molecular weight is 253 g/mol. The molecule has 104 valence electrons. The predicted molar refractivity (Wildman–Crippen MR) is 75.1 cm³/mol. The van der Waals surface area contributed by atoms with Crippen molar-refractivity contribution in [3.63, 3.8) is 0 Å². The average Bonchev–Trinajstić information content (AvgIpc) is 2.72. The van der Waals surface area contributed by atoms with Crippen molar-refractivity contribution in [2.45, 2.75) is 52.6 Å². The summed E-state index contributed by atoms with van der Waals surface area (Å²) >= 11 is 0. The normalized spacial score (nSPS) is 13.0. The molecule has 0 saturated heterocycles. The minimum atomic E-state index is 0.541. The van der Waals surface area contributed by atoms with Gasteiger partial charge in [-0.1, -0.05) is 20.8 Å². The number of nitrogens with one attached hydrogen (secondary N) is 1. The van der Waals surface area contributed by atoms with E-state index in [1.54, 1.807) is 7.11 Å². The smallest absolute Gasteiger partial charge is 0.159 e. The SMILES string of the molecule is CCCn1ncc(OC)c1CCC(NC)C(C)C. The molecule has 0 aliphatic rings. The van der Waals surface area contributed by atoms with Gasteiger partial charge in [0, 0.05) is 12.6 Å². The molecule has 1 unspecified atom stereocenters. The number of aromatic nitrogens is 2. The zero-order valence-corrected chi connectivity index (χ0v) is 12.4.